The van der Waals surface area contributed by atoms with E-state index in [9.17, 15) is 9.59 Å². The fourth-order valence-electron chi connectivity index (χ4n) is 2.63. The first kappa shape index (κ1) is 19.1. The zero-order valence-electron chi connectivity index (χ0n) is 15.1. The van der Waals surface area contributed by atoms with Crippen LogP contribution in [0.2, 0.25) is 0 Å². The Bertz CT molecular complexity index is 795. The number of benzene rings is 2. The quantitative estimate of drug-likeness (QED) is 0.729. The molecular formula is C20H22N2O4S. The number of nitrogens with zero attached hydrogens (tertiary/aromatic N) is 1. The number of hydrogen-bond acceptors (Lipinski definition) is 5. The summed E-state index contributed by atoms with van der Waals surface area (Å²) in [4.78, 5) is 25.6. The van der Waals surface area contributed by atoms with Crippen LogP contribution in [0.4, 0.5) is 10.5 Å². The van der Waals surface area contributed by atoms with Gasteiger partial charge in [0.25, 0.3) is 5.24 Å². The molecule has 0 bridgehead atoms. The molecule has 2 aromatic carbocycles. The van der Waals surface area contributed by atoms with E-state index in [1.807, 2.05) is 43.3 Å². The van der Waals surface area contributed by atoms with Crippen molar-refractivity contribution in [1.82, 2.24) is 4.90 Å². The van der Waals surface area contributed by atoms with Crippen LogP contribution in [0.1, 0.15) is 13.3 Å². The molecule has 2 aromatic rings. The lowest BCUT2D eigenvalue weighted by Gasteiger charge is -2.15. The second-order valence-electron chi connectivity index (χ2n) is 5.90. The van der Waals surface area contributed by atoms with E-state index in [1.54, 1.807) is 17.0 Å². The second-order valence-corrected chi connectivity index (χ2v) is 6.95. The standard InChI is InChI=1S/C20H22N2O4S/c1-2-25-15-7-9-16(10-8-15)26-18-6-4-3-5-17(18)21-19(23)11-12-22-13-14-27-20(22)24/h3-10H,2,11-14H2,1H3,(H,21,23). The Morgan fingerprint density at radius 1 is 1.15 bits per heavy atom. The van der Waals surface area contributed by atoms with Crippen molar-refractivity contribution in [2.45, 2.75) is 13.3 Å². The molecule has 0 radical (unpaired) electrons. The smallest absolute Gasteiger partial charge is 0.281 e. The topological polar surface area (TPSA) is 67.9 Å². The van der Waals surface area contributed by atoms with Crippen LogP contribution in [0.3, 0.4) is 0 Å². The van der Waals surface area contributed by atoms with Gasteiger partial charge in [0.1, 0.15) is 11.5 Å². The largest absolute Gasteiger partial charge is 0.494 e. The highest BCUT2D eigenvalue weighted by Gasteiger charge is 2.21. The molecule has 3 rings (SSSR count). The van der Waals surface area contributed by atoms with Gasteiger partial charge in [0.2, 0.25) is 5.91 Å². The summed E-state index contributed by atoms with van der Waals surface area (Å²) in [6, 6.07) is 14.6. The van der Waals surface area contributed by atoms with Crippen LogP contribution >= 0.6 is 11.8 Å². The number of ether oxygens (including phenoxy) is 2. The summed E-state index contributed by atoms with van der Waals surface area (Å²) in [6.45, 7) is 3.67. The van der Waals surface area contributed by atoms with Crippen molar-refractivity contribution >= 4 is 28.6 Å². The van der Waals surface area contributed by atoms with Gasteiger partial charge in [0, 0.05) is 25.3 Å². The van der Waals surface area contributed by atoms with E-state index in [-0.39, 0.29) is 17.6 Å². The van der Waals surface area contributed by atoms with Crippen molar-refractivity contribution in [3.8, 4) is 17.2 Å². The van der Waals surface area contributed by atoms with Crippen molar-refractivity contribution in [2.75, 3.05) is 30.8 Å². The zero-order valence-corrected chi connectivity index (χ0v) is 16.0. The molecule has 0 saturated carbocycles. The highest BCUT2D eigenvalue weighted by Crippen LogP contribution is 2.30. The monoisotopic (exact) mass is 386 g/mol. The molecule has 0 atom stereocenters. The molecule has 1 aliphatic heterocycles. The van der Waals surface area contributed by atoms with Crippen LogP contribution in [0.25, 0.3) is 0 Å². The van der Waals surface area contributed by atoms with E-state index in [0.717, 1.165) is 11.5 Å². The van der Waals surface area contributed by atoms with Gasteiger partial charge >= 0.3 is 0 Å². The molecule has 142 valence electrons. The minimum Gasteiger partial charge on any atom is -0.494 e. The zero-order chi connectivity index (χ0) is 19.1. The normalized spacial score (nSPS) is 13.5. The highest BCUT2D eigenvalue weighted by molar-refractivity contribution is 8.13. The number of thioether (sulfide) groups is 1. The molecule has 1 fully saturated rings. The van der Waals surface area contributed by atoms with Gasteiger partial charge in [-0.2, -0.15) is 0 Å². The SMILES string of the molecule is CCOc1ccc(Oc2ccccc2NC(=O)CCN2CCSC2=O)cc1. The Morgan fingerprint density at radius 3 is 2.59 bits per heavy atom. The molecule has 0 aromatic heterocycles. The highest BCUT2D eigenvalue weighted by atomic mass is 32.2. The van der Waals surface area contributed by atoms with Crippen molar-refractivity contribution in [1.29, 1.82) is 0 Å². The molecular weight excluding hydrogens is 364 g/mol. The summed E-state index contributed by atoms with van der Waals surface area (Å²) in [7, 11) is 0. The average molecular weight is 386 g/mol. The first-order chi connectivity index (χ1) is 13.2. The number of hydrogen-bond donors (Lipinski definition) is 1. The first-order valence-corrected chi connectivity index (χ1v) is 9.85. The van der Waals surface area contributed by atoms with Crippen LogP contribution < -0.4 is 14.8 Å². The van der Waals surface area contributed by atoms with E-state index in [4.69, 9.17) is 9.47 Å². The van der Waals surface area contributed by atoms with E-state index < -0.39 is 0 Å². The van der Waals surface area contributed by atoms with Crippen molar-refractivity contribution in [3.63, 3.8) is 0 Å². The Hall–Kier alpha value is -2.67. The Morgan fingerprint density at radius 2 is 1.89 bits per heavy atom. The molecule has 1 saturated heterocycles. The van der Waals surface area contributed by atoms with Crippen LogP contribution in [-0.2, 0) is 4.79 Å². The summed E-state index contributed by atoms with van der Waals surface area (Å²) in [5.74, 6) is 2.63. The van der Waals surface area contributed by atoms with E-state index in [1.165, 1.54) is 11.8 Å². The Labute approximate surface area is 162 Å². The third kappa shape index (κ3) is 5.40. The van der Waals surface area contributed by atoms with E-state index >= 15 is 0 Å². The lowest BCUT2D eigenvalue weighted by Crippen LogP contribution is -2.27. The molecule has 1 N–H and O–H groups in total. The Kier molecular flexibility index (Phi) is 6.59. The lowest BCUT2D eigenvalue weighted by atomic mass is 10.2. The van der Waals surface area contributed by atoms with Crippen LogP contribution in [0.5, 0.6) is 17.2 Å². The number of para-hydroxylation sites is 2. The minimum absolute atomic E-state index is 0.0435. The number of rotatable bonds is 8. The minimum atomic E-state index is -0.151. The molecule has 27 heavy (non-hydrogen) atoms. The predicted molar refractivity (Wildman–Crippen MR) is 107 cm³/mol. The van der Waals surface area contributed by atoms with Crippen molar-refractivity contribution in [2.24, 2.45) is 0 Å². The third-order valence-corrected chi connectivity index (χ3v) is 4.87. The third-order valence-electron chi connectivity index (χ3n) is 3.98. The second kappa shape index (κ2) is 9.32. The maximum absolute atomic E-state index is 12.3. The number of anilines is 1. The van der Waals surface area contributed by atoms with Gasteiger partial charge < -0.3 is 19.7 Å². The van der Waals surface area contributed by atoms with E-state index in [2.05, 4.69) is 5.32 Å². The van der Waals surface area contributed by atoms with Gasteiger partial charge in [-0.1, -0.05) is 23.9 Å². The summed E-state index contributed by atoms with van der Waals surface area (Å²) in [6.07, 6.45) is 0.254. The van der Waals surface area contributed by atoms with Gasteiger partial charge in [-0.25, -0.2) is 0 Å². The van der Waals surface area contributed by atoms with Gasteiger partial charge in [0.15, 0.2) is 5.75 Å². The fraction of sp³-hybridized carbons (Fsp3) is 0.300. The Balaban J connectivity index is 1.59. The fourth-order valence-corrected chi connectivity index (χ4v) is 3.49. The molecule has 2 amide bonds. The number of carbonyl (C=O) groups is 2. The lowest BCUT2D eigenvalue weighted by molar-refractivity contribution is -0.116. The molecule has 0 aliphatic carbocycles. The predicted octanol–water partition coefficient (Wildman–Crippen LogP) is 4.38. The van der Waals surface area contributed by atoms with Crippen molar-refractivity contribution in [3.05, 3.63) is 48.5 Å². The van der Waals surface area contributed by atoms with Gasteiger partial charge in [-0.3, -0.25) is 9.59 Å². The van der Waals surface area contributed by atoms with Gasteiger partial charge in [0.05, 0.1) is 12.3 Å². The van der Waals surface area contributed by atoms with Gasteiger partial charge in [-0.05, 0) is 43.3 Å². The molecule has 1 heterocycles. The number of carbonyl (C=O) groups excluding carboxylic acids is 2. The summed E-state index contributed by atoms with van der Waals surface area (Å²) in [5.41, 5.74) is 0.596. The van der Waals surface area contributed by atoms with Crippen molar-refractivity contribution < 1.29 is 19.1 Å². The molecule has 0 spiro atoms. The number of nitrogens with one attached hydrogen (secondary N) is 1. The molecule has 6 nitrogen and oxygen atoms in total. The summed E-state index contributed by atoms with van der Waals surface area (Å²) < 4.78 is 11.3. The summed E-state index contributed by atoms with van der Waals surface area (Å²) >= 11 is 1.30. The summed E-state index contributed by atoms with van der Waals surface area (Å²) in [5, 5.41) is 2.91. The maximum Gasteiger partial charge on any atom is 0.281 e. The molecule has 7 heteroatoms. The van der Waals surface area contributed by atoms with Crippen LogP contribution in [0, 0.1) is 0 Å². The average Bonchev–Trinajstić information content (AvgIpc) is 3.08. The number of amides is 2. The van der Waals surface area contributed by atoms with Gasteiger partial charge in [-0.15, -0.1) is 0 Å². The van der Waals surface area contributed by atoms with Crippen LogP contribution in [-0.4, -0.2) is 41.5 Å². The first-order valence-electron chi connectivity index (χ1n) is 8.87. The molecule has 1 aliphatic rings. The van der Waals surface area contributed by atoms with Crippen LogP contribution in [0.15, 0.2) is 48.5 Å². The maximum atomic E-state index is 12.3. The van der Waals surface area contributed by atoms with E-state index in [0.29, 0.717) is 36.9 Å². The molecule has 0 unspecified atom stereocenters.